The molecule has 2 heterocycles. The van der Waals surface area contributed by atoms with Crippen LogP contribution >= 0.6 is 11.6 Å². The van der Waals surface area contributed by atoms with E-state index in [9.17, 15) is 4.79 Å². The van der Waals surface area contributed by atoms with Crippen LogP contribution in [-0.2, 0) is 16.1 Å². The number of ether oxygens (including phenoxy) is 1. The van der Waals surface area contributed by atoms with Crippen LogP contribution in [0.15, 0.2) is 18.3 Å². The lowest BCUT2D eigenvalue weighted by atomic mass is 10.2. The van der Waals surface area contributed by atoms with Gasteiger partial charge in [0.05, 0.1) is 7.11 Å². The third-order valence-electron chi connectivity index (χ3n) is 3.01. The van der Waals surface area contributed by atoms with Gasteiger partial charge in [-0.2, -0.15) is 0 Å². The van der Waals surface area contributed by atoms with Crippen LogP contribution < -0.4 is 0 Å². The first kappa shape index (κ1) is 12.3. The molecule has 1 unspecified atom stereocenters. The second-order valence-corrected chi connectivity index (χ2v) is 4.53. The summed E-state index contributed by atoms with van der Waals surface area (Å²) >= 11 is 5.84. The van der Waals surface area contributed by atoms with Gasteiger partial charge in [0.2, 0.25) is 0 Å². The van der Waals surface area contributed by atoms with Crippen LogP contribution in [0.4, 0.5) is 0 Å². The highest BCUT2D eigenvalue weighted by Crippen LogP contribution is 2.21. The monoisotopic (exact) mass is 254 g/mol. The molecule has 5 heteroatoms. The molecule has 0 radical (unpaired) electrons. The van der Waals surface area contributed by atoms with Gasteiger partial charge in [-0.3, -0.25) is 9.69 Å². The van der Waals surface area contributed by atoms with Gasteiger partial charge in [0.15, 0.2) is 0 Å². The minimum atomic E-state index is -0.150. The molecule has 0 N–H and O–H groups in total. The van der Waals surface area contributed by atoms with Gasteiger partial charge >= 0.3 is 5.97 Å². The predicted octanol–water partition coefficient (Wildman–Crippen LogP) is 1.87. The van der Waals surface area contributed by atoms with E-state index in [1.807, 2.05) is 12.1 Å². The number of likely N-dealkylation sites (tertiary alicyclic amines) is 1. The molecule has 4 nitrogen and oxygen atoms in total. The average Bonchev–Trinajstić information content (AvgIpc) is 2.76. The lowest BCUT2D eigenvalue weighted by molar-refractivity contribution is -0.146. The van der Waals surface area contributed by atoms with Crippen LogP contribution in [0, 0.1) is 0 Å². The summed E-state index contributed by atoms with van der Waals surface area (Å²) in [5, 5.41) is 0.483. The third kappa shape index (κ3) is 2.96. The average molecular weight is 255 g/mol. The Morgan fingerprint density at radius 1 is 1.71 bits per heavy atom. The molecule has 0 spiro atoms. The maximum Gasteiger partial charge on any atom is 0.323 e. The number of rotatable bonds is 3. The number of hydrogen-bond acceptors (Lipinski definition) is 4. The highest BCUT2D eigenvalue weighted by atomic mass is 35.5. The van der Waals surface area contributed by atoms with Crippen molar-refractivity contribution in [2.75, 3.05) is 13.7 Å². The first-order valence-electron chi connectivity index (χ1n) is 5.63. The van der Waals surface area contributed by atoms with E-state index < -0.39 is 0 Å². The van der Waals surface area contributed by atoms with Gasteiger partial charge in [0.1, 0.15) is 11.2 Å². The van der Waals surface area contributed by atoms with E-state index in [0.717, 1.165) is 24.9 Å². The Bertz CT molecular complexity index is 411. The molecule has 1 aromatic rings. The van der Waals surface area contributed by atoms with Gasteiger partial charge in [-0.15, -0.1) is 0 Å². The summed E-state index contributed by atoms with van der Waals surface area (Å²) in [5.41, 5.74) is 1.07. The van der Waals surface area contributed by atoms with Crippen molar-refractivity contribution in [3.63, 3.8) is 0 Å². The molecule has 1 aliphatic rings. The summed E-state index contributed by atoms with van der Waals surface area (Å²) in [6.07, 6.45) is 3.57. The number of methoxy groups -OCH3 is 1. The summed E-state index contributed by atoms with van der Waals surface area (Å²) in [7, 11) is 1.43. The number of carbonyl (C=O) groups is 1. The van der Waals surface area contributed by atoms with Crippen molar-refractivity contribution in [1.82, 2.24) is 9.88 Å². The Hall–Kier alpha value is -1.13. The number of esters is 1. The molecule has 0 aromatic carbocycles. The molecule has 1 aromatic heterocycles. The summed E-state index contributed by atoms with van der Waals surface area (Å²) in [5.74, 6) is -0.150. The molecule has 17 heavy (non-hydrogen) atoms. The van der Waals surface area contributed by atoms with E-state index in [0.29, 0.717) is 11.7 Å². The molecule has 0 saturated carbocycles. The third-order valence-corrected chi connectivity index (χ3v) is 3.22. The number of pyridine rings is 1. The van der Waals surface area contributed by atoms with Crippen molar-refractivity contribution in [1.29, 1.82) is 0 Å². The summed E-state index contributed by atoms with van der Waals surface area (Å²) in [4.78, 5) is 17.6. The number of halogens is 1. The first-order chi connectivity index (χ1) is 8.20. The van der Waals surface area contributed by atoms with Crippen LogP contribution in [0.3, 0.4) is 0 Å². The highest BCUT2D eigenvalue weighted by Gasteiger charge is 2.31. The van der Waals surface area contributed by atoms with Gasteiger partial charge in [-0.25, -0.2) is 4.98 Å². The molecule has 1 aliphatic heterocycles. The van der Waals surface area contributed by atoms with Crippen molar-refractivity contribution in [3.8, 4) is 0 Å². The Kier molecular flexibility index (Phi) is 3.97. The number of nitrogens with zero attached hydrogens (tertiary/aromatic N) is 2. The van der Waals surface area contributed by atoms with Crippen LogP contribution in [-0.4, -0.2) is 35.5 Å². The quantitative estimate of drug-likeness (QED) is 0.610. The lowest BCUT2D eigenvalue weighted by Crippen LogP contribution is -2.36. The Balaban J connectivity index is 2.05. The predicted molar refractivity (Wildman–Crippen MR) is 64.7 cm³/mol. The smallest absolute Gasteiger partial charge is 0.323 e. The molecule has 1 fully saturated rings. The van der Waals surface area contributed by atoms with Crippen molar-refractivity contribution in [2.45, 2.75) is 25.4 Å². The van der Waals surface area contributed by atoms with Crippen molar-refractivity contribution in [2.24, 2.45) is 0 Å². The first-order valence-corrected chi connectivity index (χ1v) is 6.01. The van der Waals surface area contributed by atoms with E-state index >= 15 is 0 Å². The molecule has 1 saturated heterocycles. The molecule has 2 rings (SSSR count). The molecule has 0 bridgehead atoms. The van der Waals surface area contributed by atoms with Gasteiger partial charge in [0, 0.05) is 12.7 Å². The molecule has 0 amide bonds. The van der Waals surface area contributed by atoms with E-state index in [4.69, 9.17) is 16.3 Å². The van der Waals surface area contributed by atoms with E-state index in [1.54, 1.807) is 6.20 Å². The fourth-order valence-corrected chi connectivity index (χ4v) is 2.39. The molecular weight excluding hydrogens is 240 g/mol. The van der Waals surface area contributed by atoms with Gasteiger partial charge in [0.25, 0.3) is 0 Å². The van der Waals surface area contributed by atoms with Crippen LogP contribution in [0.5, 0.6) is 0 Å². The van der Waals surface area contributed by atoms with Crippen LogP contribution in [0.2, 0.25) is 5.15 Å². The second kappa shape index (κ2) is 5.47. The molecule has 0 aliphatic carbocycles. The Labute approximate surface area is 106 Å². The largest absolute Gasteiger partial charge is 0.468 e. The topological polar surface area (TPSA) is 42.4 Å². The SMILES string of the molecule is COC(=O)C1CCCN1Cc1ccnc(Cl)c1. The lowest BCUT2D eigenvalue weighted by Gasteiger charge is -2.22. The van der Waals surface area contributed by atoms with Crippen molar-refractivity contribution >= 4 is 17.6 Å². The zero-order valence-corrected chi connectivity index (χ0v) is 10.5. The van der Waals surface area contributed by atoms with E-state index in [1.165, 1.54) is 7.11 Å². The summed E-state index contributed by atoms with van der Waals surface area (Å²) in [6, 6.07) is 3.62. The maximum atomic E-state index is 11.6. The minimum absolute atomic E-state index is 0.119. The Morgan fingerprint density at radius 2 is 2.53 bits per heavy atom. The maximum absolute atomic E-state index is 11.6. The van der Waals surface area contributed by atoms with E-state index in [-0.39, 0.29) is 12.0 Å². The van der Waals surface area contributed by atoms with Crippen molar-refractivity contribution in [3.05, 3.63) is 29.0 Å². The van der Waals surface area contributed by atoms with E-state index in [2.05, 4.69) is 9.88 Å². The normalized spacial score (nSPS) is 20.5. The Morgan fingerprint density at radius 3 is 3.24 bits per heavy atom. The van der Waals surface area contributed by atoms with Crippen LogP contribution in [0.25, 0.3) is 0 Å². The standard InChI is InChI=1S/C12H15ClN2O2/c1-17-12(16)10-3-2-6-15(10)8-9-4-5-14-11(13)7-9/h4-5,7,10H,2-3,6,8H2,1H3. The zero-order chi connectivity index (χ0) is 12.3. The van der Waals surface area contributed by atoms with Crippen molar-refractivity contribution < 1.29 is 9.53 Å². The fourth-order valence-electron chi connectivity index (χ4n) is 2.19. The molecular formula is C12H15ClN2O2. The number of aromatic nitrogens is 1. The molecule has 1 atom stereocenters. The minimum Gasteiger partial charge on any atom is -0.468 e. The summed E-state index contributed by atoms with van der Waals surface area (Å²) < 4.78 is 4.81. The van der Waals surface area contributed by atoms with Gasteiger partial charge < -0.3 is 4.74 Å². The molecule has 92 valence electrons. The fraction of sp³-hybridized carbons (Fsp3) is 0.500. The second-order valence-electron chi connectivity index (χ2n) is 4.14. The summed E-state index contributed by atoms with van der Waals surface area (Å²) in [6.45, 7) is 1.63. The zero-order valence-electron chi connectivity index (χ0n) is 9.73. The van der Waals surface area contributed by atoms with Gasteiger partial charge in [-0.05, 0) is 37.1 Å². The number of carbonyl (C=O) groups excluding carboxylic acids is 1. The van der Waals surface area contributed by atoms with Gasteiger partial charge in [-0.1, -0.05) is 11.6 Å². The number of hydrogen-bond donors (Lipinski definition) is 0. The van der Waals surface area contributed by atoms with Crippen LogP contribution in [0.1, 0.15) is 18.4 Å². The highest BCUT2D eigenvalue weighted by molar-refractivity contribution is 6.29.